The number of nitrogens with one attached hydrogen (secondary N) is 1. The molecule has 0 radical (unpaired) electrons. The lowest BCUT2D eigenvalue weighted by molar-refractivity contribution is 0.0955. The smallest absolute Gasteiger partial charge is 0.271 e. The largest absolute Gasteiger partial charge is 0.318 e. The number of fused-ring (bicyclic) bond motifs is 1. The Labute approximate surface area is 167 Å². The lowest BCUT2D eigenvalue weighted by atomic mass is 10.2. The van der Waals surface area contributed by atoms with E-state index in [1.165, 1.54) is 24.3 Å². The summed E-state index contributed by atoms with van der Waals surface area (Å²) in [5.74, 6) is -0.779. The van der Waals surface area contributed by atoms with Crippen molar-refractivity contribution >= 4 is 23.0 Å². The number of aryl methyl sites for hydroxylation is 1. The summed E-state index contributed by atoms with van der Waals surface area (Å²) in [5, 5.41) is 5.13. The summed E-state index contributed by atoms with van der Waals surface area (Å²) in [6.45, 7) is 4.03. The summed E-state index contributed by atoms with van der Waals surface area (Å²) < 4.78 is 15.1. The summed E-state index contributed by atoms with van der Waals surface area (Å²) in [5.41, 5.74) is 7.76. The average Bonchev–Trinajstić information content (AvgIpc) is 3.01. The number of nitrogens with zero attached hydrogens (tertiary/aromatic N) is 3. The van der Waals surface area contributed by atoms with Crippen LogP contribution in [0.4, 0.5) is 4.39 Å². The maximum Gasteiger partial charge on any atom is 0.271 e. The predicted molar refractivity (Wildman–Crippen MR) is 112 cm³/mol. The van der Waals surface area contributed by atoms with E-state index in [4.69, 9.17) is 0 Å². The Kier molecular flexibility index (Phi) is 4.91. The number of halogens is 1. The molecule has 1 amide bonds. The number of hydrazone groups is 1. The number of benzene rings is 2. The SMILES string of the molecule is Cc1cc(/C=N/NC(=O)c2ccc(F)cc2)c(C)n1-c1ccc2ncccc2c1. The van der Waals surface area contributed by atoms with Crippen molar-refractivity contribution in [1.82, 2.24) is 15.0 Å². The van der Waals surface area contributed by atoms with Crippen molar-refractivity contribution in [2.75, 3.05) is 0 Å². The van der Waals surface area contributed by atoms with E-state index in [2.05, 4.69) is 26.1 Å². The highest BCUT2D eigenvalue weighted by molar-refractivity contribution is 5.95. The zero-order valence-electron chi connectivity index (χ0n) is 16.1. The molecule has 0 fully saturated rings. The molecule has 0 aliphatic carbocycles. The molecule has 6 heteroatoms. The molecule has 4 aromatic rings. The van der Waals surface area contributed by atoms with Gasteiger partial charge in [0.1, 0.15) is 5.82 Å². The molecule has 0 bridgehead atoms. The van der Waals surface area contributed by atoms with Crippen LogP contribution >= 0.6 is 0 Å². The first kappa shape index (κ1) is 18.6. The van der Waals surface area contributed by atoms with Gasteiger partial charge in [0.2, 0.25) is 0 Å². The maximum absolute atomic E-state index is 13.0. The summed E-state index contributed by atoms with van der Waals surface area (Å²) >= 11 is 0. The zero-order valence-corrected chi connectivity index (χ0v) is 16.1. The van der Waals surface area contributed by atoms with E-state index < -0.39 is 5.91 Å². The van der Waals surface area contributed by atoms with E-state index >= 15 is 0 Å². The van der Waals surface area contributed by atoms with Gasteiger partial charge in [-0.1, -0.05) is 6.07 Å². The van der Waals surface area contributed by atoms with Crippen LogP contribution in [0, 0.1) is 19.7 Å². The van der Waals surface area contributed by atoms with Crippen molar-refractivity contribution in [2.45, 2.75) is 13.8 Å². The van der Waals surface area contributed by atoms with Gasteiger partial charge in [0.15, 0.2) is 0 Å². The third-order valence-electron chi connectivity index (χ3n) is 4.79. The lowest BCUT2D eigenvalue weighted by Crippen LogP contribution is -2.17. The van der Waals surface area contributed by atoms with Gasteiger partial charge in [-0.15, -0.1) is 0 Å². The third-order valence-corrected chi connectivity index (χ3v) is 4.79. The van der Waals surface area contributed by atoms with Crippen molar-refractivity contribution in [3.8, 4) is 5.69 Å². The average molecular weight is 386 g/mol. The molecular weight excluding hydrogens is 367 g/mol. The fourth-order valence-corrected chi connectivity index (χ4v) is 3.34. The number of hydrogen-bond acceptors (Lipinski definition) is 3. The van der Waals surface area contributed by atoms with Crippen LogP contribution in [0.15, 0.2) is 72.0 Å². The Balaban J connectivity index is 1.57. The first-order valence-corrected chi connectivity index (χ1v) is 9.16. The van der Waals surface area contributed by atoms with Gasteiger partial charge in [-0.2, -0.15) is 5.10 Å². The van der Waals surface area contributed by atoms with E-state index in [1.54, 1.807) is 12.4 Å². The number of aromatic nitrogens is 2. The van der Waals surface area contributed by atoms with E-state index in [0.29, 0.717) is 5.56 Å². The van der Waals surface area contributed by atoms with Gasteiger partial charge in [-0.25, -0.2) is 9.82 Å². The summed E-state index contributed by atoms with van der Waals surface area (Å²) in [6, 6.07) is 17.4. The van der Waals surface area contributed by atoms with Crippen LogP contribution in [0.1, 0.15) is 27.3 Å². The van der Waals surface area contributed by atoms with Crippen molar-refractivity contribution in [3.05, 3.63) is 95.2 Å². The van der Waals surface area contributed by atoms with Gasteiger partial charge in [0, 0.05) is 39.8 Å². The fraction of sp³-hybridized carbons (Fsp3) is 0.0870. The molecular formula is C23H19FN4O. The minimum Gasteiger partial charge on any atom is -0.318 e. The number of amides is 1. The molecule has 4 rings (SSSR count). The molecule has 2 aromatic carbocycles. The first-order chi connectivity index (χ1) is 14.0. The zero-order chi connectivity index (χ0) is 20.4. The number of carbonyl (C=O) groups is 1. The van der Waals surface area contributed by atoms with Crippen LogP contribution < -0.4 is 5.43 Å². The third kappa shape index (κ3) is 3.78. The minimum atomic E-state index is -0.392. The molecule has 0 saturated carbocycles. The van der Waals surface area contributed by atoms with Crippen molar-refractivity contribution < 1.29 is 9.18 Å². The van der Waals surface area contributed by atoms with Gasteiger partial charge < -0.3 is 4.57 Å². The highest BCUT2D eigenvalue weighted by Crippen LogP contribution is 2.22. The van der Waals surface area contributed by atoms with Gasteiger partial charge in [-0.3, -0.25) is 9.78 Å². The molecule has 0 aliphatic rings. The van der Waals surface area contributed by atoms with Crippen LogP contribution in [0.3, 0.4) is 0 Å². The van der Waals surface area contributed by atoms with E-state index in [9.17, 15) is 9.18 Å². The Bertz CT molecular complexity index is 1230. The summed E-state index contributed by atoms with van der Waals surface area (Å²) in [6.07, 6.45) is 3.39. The predicted octanol–water partition coefficient (Wildman–Crippen LogP) is 4.55. The second kappa shape index (κ2) is 7.67. The molecule has 0 saturated heterocycles. The fourth-order valence-electron chi connectivity index (χ4n) is 3.34. The van der Waals surface area contributed by atoms with Crippen LogP contribution in [0.25, 0.3) is 16.6 Å². The van der Waals surface area contributed by atoms with E-state index in [-0.39, 0.29) is 5.82 Å². The molecule has 0 aliphatic heterocycles. The highest BCUT2D eigenvalue weighted by Gasteiger charge is 2.10. The first-order valence-electron chi connectivity index (χ1n) is 9.16. The molecule has 1 N–H and O–H groups in total. The molecule has 0 atom stereocenters. The molecule has 0 unspecified atom stereocenters. The van der Waals surface area contributed by atoms with Crippen LogP contribution in [0.2, 0.25) is 0 Å². The van der Waals surface area contributed by atoms with E-state index in [0.717, 1.165) is 33.5 Å². The van der Waals surface area contributed by atoms with Gasteiger partial charge >= 0.3 is 0 Å². The van der Waals surface area contributed by atoms with Crippen molar-refractivity contribution in [3.63, 3.8) is 0 Å². The van der Waals surface area contributed by atoms with Crippen molar-refractivity contribution in [1.29, 1.82) is 0 Å². The van der Waals surface area contributed by atoms with Gasteiger partial charge in [0.25, 0.3) is 5.91 Å². The standard InChI is InChI=1S/C23H19FN4O/c1-15-12-19(14-26-27-23(29)17-5-7-20(24)8-6-17)16(2)28(15)21-9-10-22-18(13-21)4-3-11-25-22/h3-14H,1-2H3,(H,27,29)/b26-14+. The molecule has 2 heterocycles. The monoisotopic (exact) mass is 386 g/mol. The van der Waals surface area contributed by atoms with E-state index in [1.807, 2.05) is 44.2 Å². The second-order valence-corrected chi connectivity index (χ2v) is 6.75. The number of carbonyl (C=O) groups excluding carboxylic acids is 1. The maximum atomic E-state index is 13.0. The van der Waals surface area contributed by atoms with Crippen LogP contribution in [-0.4, -0.2) is 21.7 Å². The number of pyridine rings is 1. The summed E-state index contributed by atoms with van der Waals surface area (Å²) in [7, 11) is 0. The summed E-state index contributed by atoms with van der Waals surface area (Å²) in [4.78, 5) is 16.5. The topological polar surface area (TPSA) is 59.3 Å². The molecule has 144 valence electrons. The van der Waals surface area contributed by atoms with Crippen LogP contribution in [-0.2, 0) is 0 Å². The van der Waals surface area contributed by atoms with Gasteiger partial charge in [0.05, 0.1) is 11.7 Å². The second-order valence-electron chi connectivity index (χ2n) is 6.75. The molecule has 5 nitrogen and oxygen atoms in total. The Morgan fingerprint density at radius 3 is 2.69 bits per heavy atom. The normalized spacial score (nSPS) is 11.3. The number of hydrogen-bond donors (Lipinski definition) is 1. The lowest BCUT2D eigenvalue weighted by Gasteiger charge is -2.10. The highest BCUT2D eigenvalue weighted by atomic mass is 19.1. The van der Waals surface area contributed by atoms with Crippen molar-refractivity contribution in [2.24, 2.45) is 5.10 Å². The Hall–Kier alpha value is -3.80. The Morgan fingerprint density at radius 2 is 1.90 bits per heavy atom. The van der Waals surface area contributed by atoms with Crippen LogP contribution in [0.5, 0.6) is 0 Å². The molecule has 2 aromatic heterocycles. The Morgan fingerprint density at radius 1 is 1.10 bits per heavy atom. The van der Waals surface area contributed by atoms with Gasteiger partial charge in [-0.05, 0) is 68.4 Å². The molecule has 29 heavy (non-hydrogen) atoms. The minimum absolute atomic E-state index is 0.346. The quantitative estimate of drug-likeness (QED) is 0.413. The number of rotatable bonds is 4. The molecule has 0 spiro atoms.